The maximum atomic E-state index is 12.4. The van der Waals surface area contributed by atoms with Crippen LogP contribution in [0.2, 0.25) is 0 Å². The van der Waals surface area contributed by atoms with E-state index in [1.165, 1.54) is 18.2 Å². The minimum absolute atomic E-state index is 0.185. The Kier molecular flexibility index (Phi) is 6.44. The van der Waals surface area contributed by atoms with Crippen molar-refractivity contribution in [2.24, 2.45) is 0 Å². The van der Waals surface area contributed by atoms with Gasteiger partial charge in [-0.25, -0.2) is 4.98 Å². The highest BCUT2D eigenvalue weighted by Gasteiger charge is 2.31. The third kappa shape index (κ3) is 5.85. The fourth-order valence-corrected chi connectivity index (χ4v) is 2.77. The quantitative estimate of drug-likeness (QED) is 0.473. The predicted molar refractivity (Wildman–Crippen MR) is 112 cm³/mol. The van der Waals surface area contributed by atoms with E-state index in [4.69, 9.17) is 0 Å². The van der Waals surface area contributed by atoms with Gasteiger partial charge in [-0.05, 0) is 44.0 Å². The molecular weight excluding hydrogens is 393 g/mol. The first-order chi connectivity index (χ1) is 14.2. The monoisotopic (exact) mass is 416 g/mol. The summed E-state index contributed by atoms with van der Waals surface area (Å²) < 4.78 is 41.3. The second-order valence-electron chi connectivity index (χ2n) is 6.93. The number of rotatable bonds is 7. The fraction of sp³-hybridized carbons (Fsp3) is 0.273. The number of nitrogens with one attached hydrogen (secondary N) is 2. The topological polar surface area (TPSA) is 59.1 Å². The number of hydrogen-bond acceptors (Lipinski definition) is 5. The molecule has 0 spiro atoms. The fourth-order valence-electron chi connectivity index (χ4n) is 2.77. The lowest BCUT2D eigenvalue weighted by atomic mass is 10.1. The molecule has 1 heterocycles. The van der Waals surface area contributed by atoms with E-state index in [9.17, 15) is 13.2 Å². The van der Waals surface area contributed by atoms with Crippen molar-refractivity contribution in [1.29, 1.82) is 0 Å². The SMILES string of the molecule is CC[C@@H](C)Nc1nc(Nc2ccc(OC(F)(F)F)cc2C)cc(-c2ccccc2)n1. The predicted octanol–water partition coefficient (Wildman–Crippen LogP) is 6.30. The first-order valence-corrected chi connectivity index (χ1v) is 9.58. The Hall–Kier alpha value is -3.29. The van der Waals surface area contributed by atoms with Crippen LogP contribution < -0.4 is 15.4 Å². The van der Waals surface area contributed by atoms with Crippen molar-refractivity contribution in [1.82, 2.24) is 9.97 Å². The number of nitrogens with zero attached hydrogens (tertiary/aromatic N) is 2. The molecule has 30 heavy (non-hydrogen) atoms. The van der Waals surface area contributed by atoms with E-state index in [2.05, 4.69) is 32.3 Å². The molecule has 5 nitrogen and oxygen atoms in total. The molecule has 158 valence electrons. The number of ether oxygens (including phenoxy) is 1. The van der Waals surface area contributed by atoms with Crippen LogP contribution in [0.5, 0.6) is 5.75 Å². The third-order valence-corrected chi connectivity index (χ3v) is 4.48. The number of halogens is 3. The first-order valence-electron chi connectivity index (χ1n) is 9.58. The van der Waals surface area contributed by atoms with Crippen molar-refractivity contribution in [2.45, 2.75) is 39.6 Å². The van der Waals surface area contributed by atoms with E-state index in [0.29, 0.717) is 23.0 Å². The standard InChI is InChI=1S/C22H23F3N4O/c1-4-15(3)26-21-28-19(16-8-6-5-7-9-16)13-20(29-21)27-18-11-10-17(12-14(18)2)30-22(23,24)25/h5-13,15H,4H2,1-3H3,(H2,26,27,28,29)/t15-/m1/s1. The van der Waals surface area contributed by atoms with Crippen molar-refractivity contribution in [3.05, 3.63) is 60.2 Å². The molecule has 0 saturated carbocycles. The van der Waals surface area contributed by atoms with Gasteiger partial charge in [0.25, 0.3) is 0 Å². The van der Waals surface area contributed by atoms with Crippen molar-refractivity contribution < 1.29 is 17.9 Å². The normalized spacial score (nSPS) is 12.3. The lowest BCUT2D eigenvalue weighted by Crippen LogP contribution is -2.17. The first kappa shape index (κ1) is 21.4. The molecule has 3 aromatic rings. The number of alkyl halides is 3. The average molecular weight is 416 g/mol. The highest BCUT2D eigenvalue weighted by molar-refractivity contribution is 5.69. The molecule has 2 aromatic carbocycles. The lowest BCUT2D eigenvalue weighted by Gasteiger charge is -2.16. The Morgan fingerprint density at radius 2 is 1.77 bits per heavy atom. The Morgan fingerprint density at radius 3 is 2.40 bits per heavy atom. The molecule has 0 bridgehead atoms. The number of aromatic nitrogens is 2. The molecule has 0 aliphatic heterocycles. The van der Waals surface area contributed by atoms with E-state index in [-0.39, 0.29) is 11.8 Å². The Balaban J connectivity index is 1.92. The summed E-state index contributed by atoms with van der Waals surface area (Å²) in [5, 5.41) is 6.45. The van der Waals surface area contributed by atoms with Gasteiger partial charge in [-0.1, -0.05) is 37.3 Å². The van der Waals surface area contributed by atoms with E-state index in [1.807, 2.05) is 37.3 Å². The van der Waals surface area contributed by atoms with Crippen LogP contribution in [0.1, 0.15) is 25.8 Å². The number of anilines is 3. The summed E-state index contributed by atoms with van der Waals surface area (Å²) in [6.45, 7) is 5.80. The summed E-state index contributed by atoms with van der Waals surface area (Å²) >= 11 is 0. The second kappa shape index (κ2) is 9.02. The van der Waals surface area contributed by atoms with Gasteiger partial charge in [-0.2, -0.15) is 4.98 Å². The van der Waals surface area contributed by atoms with Crippen molar-refractivity contribution in [3.63, 3.8) is 0 Å². The second-order valence-corrected chi connectivity index (χ2v) is 6.93. The minimum Gasteiger partial charge on any atom is -0.406 e. The maximum Gasteiger partial charge on any atom is 0.573 e. The minimum atomic E-state index is -4.73. The largest absolute Gasteiger partial charge is 0.573 e. The summed E-state index contributed by atoms with van der Waals surface area (Å²) in [4.78, 5) is 9.12. The average Bonchev–Trinajstić information content (AvgIpc) is 2.69. The van der Waals surface area contributed by atoms with Gasteiger partial charge >= 0.3 is 6.36 Å². The molecule has 0 fully saturated rings. The molecule has 8 heteroatoms. The van der Waals surface area contributed by atoms with Crippen LogP contribution in [-0.2, 0) is 0 Å². The van der Waals surface area contributed by atoms with Crippen LogP contribution in [0.15, 0.2) is 54.6 Å². The summed E-state index contributed by atoms with van der Waals surface area (Å²) in [5.74, 6) is 0.738. The molecule has 1 atom stereocenters. The van der Waals surface area contributed by atoms with Crippen molar-refractivity contribution in [3.8, 4) is 17.0 Å². The molecule has 2 N–H and O–H groups in total. The molecule has 0 saturated heterocycles. The molecule has 1 aromatic heterocycles. The molecule has 0 unspecified atom stereocenters. The zero-order valence-electron chi connectivity index (χ0n) is 16.9. The van der Waals surface area contributed by atoms with Gasteiger partial charge < -0.3 is 15.4 Å². The van der Waals surface area contributed by atoms with Crippen LogP contribution in [0.3, 0.4) is 0 Å². The van der Waals surface area contributed by atoms with Crippen molar-refractivity contribution in [2.75, 3.05) is 10.6 Å². The van der Waals surface area contributed by atoms with E-state index in [1.54, 1.807) is 13.0 Å². The molecule has 0 radical (unpaired) electrons. The van der Waals surface area contributed by atoms with Gasteiger partial charge in [0.2, 0.25) is 5.95 Å². The summed E-state index contributed by atoms with van der Waals surface area (Å²) in [7, 11) is 0. The third-order valence-electron chi connectivity index (χ3n) is 4.48. The van der Waals surface area contributed by atoms with Gasteiger partial charge in [0.15, 0.2) is 0 Å². The van der Waals surface area contributed by atoms with E-state index >= 15 is 0 Å². The Morgan fingerprint density at radius 1 is 1.03 bits per heavy atom. The lowest BCUT2D eigenvalue weighted by molar-refractivity contribution is -0.274. The Labute approximate surface area is 173 Å². The van der Waals surface area contributed by atoms with Gasteiger partial charge in [0, 0.05) is 23.4 Å². The van der Waals surface area contributed by atoms with Crippen LogP contribution in [0.4, 0.5) is 30.6 Å². The number of aryl methyl sites for hydroxylation is 1. The van der Waals surface area contributed by atoms with Crippen LogP contribution in [0, 0.1) is 6.92 Å². The smallest absolute Gasteiger partial charge is 0.406 e. The summed E-state index contributed by atoms with van der Waals surface area (Å²) in [6.07, 6.45) is -3.82. The summed E-state index contributed by atoms with van der Waals surface area (Å²) in [5.41, 5.74) is 2.87. The molecule has 0 aliphatic carbocycles. The maximum absolute atomic E-state index is 12.4. The zero-order valence-corrected chi connectivity index (χ0v) is 16.9. The molecule has 3 rings (SSSR count). The number of hydrogen-bond donors (Lipinski definition) is 2. The van der Waals surface area contributed by atoms with Gasteiger partial charge in [0.1, 0.15) is 11.6 Å². The molecular formula is C22H23F3N4O. The van der Waals surface area contributed by atoms with Crippen LogP contribution >= 0.6 is 0 Å². The zero-order chi connectivity index (χ0) is 21.7. The highest BCUT2D eigenvalue weighted by Crippen LogP contribution is 2.29. The van der Waals surface area contributed by atoms with Gasteiger partial charge in [-0.15, -0.1) is 13.2 Å². The Bertz CT molecular complexity index is 993. The highest BCUT2D eigenvalue weighted by atomic mass is 19.4. The van der Waals surface area contributed by atoms with E-state index in [0.717, 1.165) is 17.7 Å². The van der Waals surface area contributed by atoms with Crippen LogP contribution in [0.25, 0.3) is 11.3 Å². The van der Waals surface area contributed by atoms with Crippen LogP contribution in [-0.4, -0.2) is 22.4 Å². The van der Waals surface area contributed by atoms with Gasteiger partial charge in [0.05, 0.1) is 5.69 Å². The molecule has 0 aliphatic rings. The van der Waals surface area contributed by atoms with Crippen molar-refractivity contribution >= 4 is 17.5 Å². The number of benzene rings is 2. The van der Waals surface area contributed by atoms with E-state index < -0.39 is 6.36 Å². The van der Waals surface area contributed by atoms with Gasteiger partial charge in [-0.3, -0.25) is 0 Å². The molecule has 0 amide bonds. The summed E-state index contributed by atoms with van der Waals surface area (Å²) in [6, 6.07) is 15.8.